The minimum absolute atomic E-state index is 0.0571. The van der Waals surface area contributed by atoms with Gasteiger partial charge in [0.1, 0.15) is 6.10 Å². The first-order valence-electron chi connectivity index (χ1n) is 12.7. The first-order chi connectivity index (χ1) is 18.9. The zero-order valence-electron chi connectivity index (χ0n) is 22.1. The third-order valence-corrected chi connectivity index (χ3v) is 5.86. The Kier molecular flexibility index (Phi) is 13.0. The first kappa shape index (κ1) is 32.7. The molecule has 0 aromatic heterocycles. The average molecular weight is 569 g/mol. The molecule has 0 bridgehead atoms. The number of ether oxygens (including phenoxy) is 2. The van der Waals surface area contributed by atoms with Crippen LogP contribution in [0.5, 0.6) is 0 Å². The lowest BCUT2D eigenvalue weighted by Crippen LogP contribution is -2.38. The topological polar surface area (TPSA) is 212 Å². The number of hydrogen-bond donors (Lipinski definition) is 5. The molecule has 2 aliphatic heterocycles. The molecule has 2 aliphatic rings. The minimum atomic E-state index is -1.07. The van der Waals surface area contributed by atoms with Crippen LogP contribution in [0.2, 0.25) is 0 Å². The predicted octanol–water partition coefficient (Wildman–Crippen LogP) is -3.25. The van der Waals surface area contributed by atoms with Gasteiger partial charge in [-0.2, -0.15) is 0 Å². The molecule has 0 aromatic rings. The number of amides is 6. The summed E-state index contributed by atoms with van der Waals surface area (Å²) in [5.41, 5.74) is 0.366. The van der Waals surface area contributed by atoms with E-state index in [1.807, 2.05) is 0 Å². The zero-order chi connectivity index (χ0) is 29.8. The molecule has 6 amide bonds. The first-order valence-corrected chi connectivity index (χ1v) is 12.7. The fourth-order valence-electron chi connectivity index (χ4n) is 3.68. The van der Waals surface area contributed by atoms with Crippen molar-refractivity contribution in [2.75, 3.05) is 52.6 Å². The Hall–Kier alpha value is -3.50. The number of nitrogens with zero attached hydrogens (tertiary/aromatic N) is 2. The molecule has 2 fully saturated rings. The van der Waals surface area contributed by atoms with Crippen molar-refractivity contribution in [1.82, 2.24) is 20.4 Å². The summed E-state index contributed by atoms with van der Waals surface area (Å²) in [6, 6.07) is 0. The van der Waals surface area contributed by atoms with Gasteiger partial charge < -0.3 is 35.4 Å². The van der Waals surface area contributed by atoms with Gasteiger partial charge in [-0.15, -0.1) is 0 Å². The molecule has 15 nitrogen and oxygen atoms in total. The van der Waals surface area contributed by atoms with E-state index in [9.17, 15) is 44.1 Å². The Morgan fingerprint density at radius 3 is 1.38 bits per heavy atom. The third-order valence-electron chi connectivity index (χ3n) is 5.86. The van der Waals surface area contributed by atoms with Crippen molar-refractivity contribution in [3.63, 3.8) is 0 Å². The quantitative estimate of drug-likeness (QED) is 0.0818. The van der Waals surface area contributed by atoms with Crippen molar-refractivity contribution in [2.24, 2.45) is 0 Å². The maximum atomic E-state index is 11.9. The van der Waals surface area contributed by atoms with Crippen molar-refractivity contribution in [1.29, 1.82) is 0 Å². The van der Waals surface area contributed by atoms with Gasteiger partial charge in [-0.3, -0.25) is 38.6 Å². The lowest BCUT2D eigenvalue weighted by Gasteiger charge is -2.17. The summed E-state index contributed by atoms with van der Waals surface area (Å²) in [6.07, 6.45) is -3.58. The van der Waals surface area contributed by atoms with Gasteiger partial charge in [0.2, 0.25) is 23.6 Å². The number of likely N-dealkylation sites (tertiary alicyclic amines) is 2. The number of hydrogen-bond acceptors (Lipinski definition) is 11. The highest BCUT2D eigenvalue weighted by atomic mass is 16.5. The molecule has 222 valence electrons. The van der Waals surface area contributed by atoms with Gasteiger partial charge in [0, 0.05) is 50.2 Å². The van der Waals surface area contributed by atoms with Crippen molar-refractivity contribution in [2.45, 2.75) is 44.0 Å². The SMILES string of the molecule is C=C1CC(=O)N(CCC(=O)NCC(O)COCC(O)COCC(O)CNC(=O)CCN2C(=O)CC(=C)C2=O)C1=O. The van der Waals surface area contributed by atoms with Gasteiger partial charge in [-0.05, 0) is 0 Å². The normalized spacial score (nSPS) is 18.0. The second-order valence-corrected chi connectivity index (χ2v) is 9.41. The monoisotopic (exact) mass is 568 g/mol. The van der Waals surface area contributed by atoms with Gasteiger partial charge >= 0.3 is 0 Å². The van der Waals surface area contributed by atoms with E-state index in [2.05, 4.69) is 23.8 Å². The highest BCUT2D eigenvalue weighted by molar-refractivity contribution is 6.13. The number of aliphatic hydroxyl groups excluding tert-OH is 3. The van der Waals surface area contributed by atoms with Crippen LogP contribution >= 0.6 is 0 Å². The summed E-state index contributed by atoms with van der Waals surface area (Å²) in [7, 11) is 0. The van der Waals surface area contributed by atoms with Crippen LogP contribution in [-0.2, 0) is 38.2 Å². The highest BCUT2D eigenvalue weighted by Crippen LogP contribution is 2.17. The van der Waals surface area contributed by atoms with Gasteiger partial charge in [-0.1, -0.05) is 13.2 Å². The summed E-state index contributed by atoms with van der Waals surface area (Å²) in [5.74, 6) is -2.74. The number of aliphatic hydroxyl groups is 3. The van der Waals surface area contributed by atoms with Crippen LogP contribution in [0.4, 0.5) is 0 Å². The van der Waals surface area contributed by atoms with Crippen molar-refractivity contribution in [3.8, 4) is 0 Å². The van der Waals surface area contributed by atoms with Crippen LogP contribution < -0.4 is 10.6 Å². The molecule has 2 unspecified atom stereocenters. The highest BCUT2D eigenvalue weighted by Gasteiger charge is 2.33. The molecule has 2 heterocycles. The molecule has 0 spiro atoms. The fraction of sp³-hybridized carbons (Fsp3) is 0.600. The lowest BCUT2D eigenvalue weighted by atomic mass is 10.3. The molecule has 0 saturated carbocycles. The average Bonchev–Trinajstić information content (AvgIpc) is 3.29. The number of rotatable bonds is 18. The van der Waals surface area contributed by atoms with E-state index < -0.39 is 53.8 Å². The molecule has 40 heavy (non-hydrogen) atoms. The van der Waals surface area contributed by atoms with Crippen LogP contribution in [0.25, 0.3) is 0 Å². The smallest absolute Gasteiger partial charge is 0.256 e. The van der Waals surface area contributed by atoms with Gasteiger partial charge in [0.15, 0.2) is 0 Å². The second kappa shape index (κ2) is 15.9. The Morgan fingerprint density at radius 2 is 1.05 bits per heavy atom. The molecule has 2 rings (SSSR count). The van der Waals surface area contributed by atoms with Gasteiger partial charge in [-0.25, -0.2) is 0 Å². The summed E-state index contributed by atoms with van der Waals surface area (Å²) in [5, 5.41) is 34.6. The van der Waals surface area contributed by atoms with E-state index in [1.54, 1.807) is 0 Å². The number of carbonyl (C=O) groups excluding carboxylic acids is 6. The van der Waals surface area contributed by atoms with Crippen LogP contribution in [0.3, 0.4) is 0 Å². The molecule has 5 N–H and O–H groups in total. The minimum Gasteiger partial charge on any atom is -0.389 e. The Morgan fingerprint density at radius 1 is 0.700 bits per heavy atom. The molecule has 2 saturated heterocycles. The van der Waals surface area contributed by atoms with Crippen LogP contribution in [-0.4, -0.2) is 131 Å². The maximum absolute atomic E-state index is 11.9. The predicted molar refractivity (Wildman–Crippen MR) is 136 cm³/mol. The van der Waals surface area contributed by atoms with Crippen molar-refractivity contribution >= 4 is 35.4 Å². The fourth-order valence-corrected chi connectivity index (χ4v) is 3.68. The lowest BCUT2D eigenvalue weighted by molar-refractivity contribution is -0.140. The standard InChI is InChI=1S/C25H36N4O11/c1-15-7-22(35)28(24(15)37)5-3-20(33)26-9-17(30)11-39-13-19(32)14-40-12-18(31)10-27-21(34)4-6-29-23(36)8-16(2)25(29)38/h17-19,30-32H,1-14H2,(H,26,33)(H,27,34). The van der Waals surface area contributed by atoms with Crippen LogP contribution in [0, 0.1) is 0 Å². The van der Waals surface area contributed by atoms with Gasteiger partial charge in [0.05, 0.1) is 51.5 Å². The molecular formula is C25H36N4O11. The van der Waals surface area contributed by atoms with E-state index in [0.29, 0.717) is 0 Å². The maximum Gasteiger partial charge on any atom is 0.256 e. The Labute approximate surface area is 230 Å². The van der Waals surface area contributed by atoms with Crippen LogP contribution in [0.1, 0.15) is 25.7 Å². The summed E-state index contributed by atoms with van der Waals surface area (Å²) >= 11 is 0. The number of carbonyl (C=O) groups is 6. The van der Waals surface area contributed by atoms with E-state index >= 15 is 0 Å². The summed E-state index contributed by atoms with van der Waals surface area (Å²) in [4.78, 5) is 72.5. The molecule has 15 heteroatoms. The molecular weight excluding hydrogens is 532 g/mol. The van der Waals surface area contributed by atoms with Crippen molar-refractivity contribution in [3.05, 3.63) is 24.3 Å². The third kappa shape index (κ3) is 10.6. The largest absolute Gasteiger partial charge is 0.389 e. The number of nitrogens with one attached hydrogen (secondary N) is 2. The second-order valence-electron chi connectivity index (χ2n) is 9.41. The van der Waals surface area contributed by atoms with E-state index in [4.69, 9.17) is 9.47 Å². The molecule has 0 aliphatic carbocycles. The summed E-state index contributed by atoms with van der Waals surface area (Å²) < 4.78 is 10.4. The van der Waals surface area contributed by atoms with E-state index in [1.165, 1.54) is 0 Å². The van der Waals surface area contributed by atoms with Crippen LogP contribution in [0.15, 0.2) is 24.3 Å². The Bertz CT molecular complexity index is 937. The zero-order valence-corrected chi connectivity index (χ0v) is 22.1. The van der Waals surface area contributed by atoms with E-state index in [-0.39, 0.29) is 89.4 Å². The number of imide groups is 2. The molecule has 2 atom stereocenters. The molecule has 0 radical (unpaired) electrons. The van der Waals surface area contributed by atoms with E-state index in [0.717, 1.165) is 9.80 Å². The molecule has 0 aromatic carbocycles. The van der Waals surface area contributed by atoms with Crippen molar-refractivity contribution < 1.29 is 53.6 Å². The summed E-state index contributed by atoms with van der Waals surface area (Å²) in [6.45, 7) is 5.76. The Balaban J connectivity index is 1.47. The van der Waals surface area contributed by atoms with Gasteiger partial charge in [0.25, 0.3) is 11.8 Å².